The van der Waals surface area contributed by atoms with E-state index in [-0.39, 0.29) is 23.3 Å². The SMILES string of the molecule is CC(=O)N1CCN(c2ccc([N+](=O)[O-])cc2[N+](=O)[O-])C[C@H]1C. The molecule has 1 aliphatic rings. The zero-order valence-electron chi connectivity index (χ0n) is 12.3. The molecule has 9 nitrogen and oxygen atoms in total. The summed E-state index contributed by atoms with van der Waals surface area (Å²) in [5.41, 5.74) is -0.269. The minimum Gasteiger partial charge on any atom is -0.362 e. The topological polar surface area (TPSA) is 110 Å². The Balaban J connectivity index is 2.31. The first-order chi connectivity index (χ1) is 10.3. The van der Waals surface area contributed by atoms with Crippen LogP contribution in [0.5, 0.6) is 0 Å². The highest BCUT2D eigenvalue weighted by molar-refractivity contribution is 5.74. The smallest absolute Gasteiger partial charge is 0.299 e. The molecule has 0 radical (unpaired) electrons. The molecule has 0 unspecified atom stereocenters. The molecular formula is C13H16N4O5. The van der Waals surface area contributed by atoms with Crippen LogP contribution in [0.3, 0.4) is 0 Å². The fourth-order valence-electron chi connectivity index (χ4n) is 2.68. The van der Waals surface area contributed by atoms with Crippen LogP contribution in [0.4, 0.5) is 17.1 Å². The fraction of sp³-hybridized carbons (Fsp3) is 0.462. The molecule has 0 saturated carbocycles. The molecule has 22 heavy (non-hydrogen) atoms. The molecule has 0 bridgehead atoms. The molecule has 9 heteroatoms. The van der Waals surface area contributed by atoms with Crippen LogP contribution in [0.15, 0.2) is 18.2 Å². The van der Waals surface area contributed by atoms with Gasteiger partial charge in [0.15, 0.2) is 0 Å². The van der Waals surface area contributed by atoms with E-state index in [0.717, 1.165) is 6.07 Å². The number of nitro groups is 2. The minimum atomic E-state index is -0.660. The number of anilines is 1. The summed E-state index contributed by atoms with van der Waals surface area (Å²) in [5, 5.41) is 21.9. The second-order valence-electron chi connectivity index (χ2n) is 5.19. The zero-order valence-corrected chi connectivity index (χ0v) is 12.3. The van der Waals surface area contributed by atoms with Crippen molar-refractivity contribution < 1.29 is 14.6 Å². The van der Waals surface area contributed by atoms with E-state index in [2.05, 4.69) is 0 Å². The van der Waals surface area contributed by atoms with Gasteiger partial charge in [-0.3, -0.25) is 25.0 Å². The first-order valence-corrected chi connectivity index (χ1v) is 6.76. The van der Waals surface area contributed by atoms with Gasteiger partial charge in [-0.15, -0.1) is 0 Å². The Labute approximate surface area is 126 Å². The number of benzene rings is 1. The summed E-state index contributed by atoms with van der Waals surface area (Å²) < 4.78 is 0. The second kappa shape index (κ2) is 5.96. The Hall–Kier alpha value is -2.71. The maximum atomic E-state index is 11.5. The first-order valence-electron chi connectivity index (χ1n) is 6.76. The lowest BCUT2D eigenvalue weighted by Crippen LogP contribution is -2.53. The highest BCUT2D eigenvalue weighted by Gasteiger charge is 2.30. The van der Waals surface area contributed by atoms with Crippen molar-refractivity contribution in [2.24, 2.45) is 0 Å². The molecular weight excluding hydrogens is 292 g/mol. The molecule has 1 fully saturated rings. The van der Waals surface area contributed by atoms with Gasteiger partial charge in [0, 0.05) is 38.7 Å². The van der Waals surface area contributed by atoms with Crippen molar-refractivity contribution in [2.75, 3.05) is 24.5 Å². The third kappa shape index (κ3) is 2.97. The molecule has 1 aliphatic heterocycles. The van der Waals surface area contributed by atoms with Crippen LogP contribution < -0.4 is 4.90 Å². The number of non-ortho nitro benzene ring substituents is 1. The normalized spacial score (nSPS) is 18.2. The van der Waals surface area contributed by atoms with Crippen molar-refractivity contribution in [3.63, 3.8) is 0 Å². The fourth-order valence-corrected chi connectivity index (χ4v) is 2.68. The quantitative estimate of drug-likeness (QED) is 0.619. The molecule has 0 N–H and O–H groups in total. The summed E-state index contributed by atoms with van der Waals surface area (Å²) in [6.07, 6.45) is 0. The van der Waals surface area contributed by atoms with Gasteiger partial charge in [-0.1, -0.05) is 0 Å². The second-order valence-corrected chi connectivity index (χ2v) is 5.19. The van der Waals surface area contributed by atoms with Crippen LogP contribution in [0.25, 0.3) is 0 Å². The summed E-state index contributed by atoms with van der Waals surface area (Å²) in [6.45, 7) is 4.71. The molecule has 118 valence electrons. The Morgan fingerprint density at radius 1 is 1.23 bits per heavy atom. The van der Waals surface area contributed by atoms with Gasteiger partial charge in [0.2, 0.25) is 5.91 Å². The molecule has 1 heterocycles. The largest absolute Gasteiger partial charge is 0.362 e. The summed E-state index contributed by atoms with van der Waals surface area (Å²) >= 11 is 0. The van der Waals surface area contributed by atoms with E-state index in [1.807, 2.05) is 6.92 Å². The molecule has 1 atom stereocenters. The van der Waals surface area contributed by atoms with Crippen molar-refractivity contribution >= 4 is 23.0 Å². The van der Waals surface area contributed by atoms with Crippen molar-refractivity contribution in [1.82, 2.24) is 4.90 Å². The maximum absolute atomic E-state index is 11.5. The predicted octanol–water partition coefficient (Wildman–Crippen LogP) is 1.56. The number of carbonyl (C=O) groups is 1. The molecule has 0 aliphatic carbocycles. The lowest BCUT2D eigenvalue weighted by Gasteiger charge is -2.40. The Morgan fingerprint density at radius 2 is 1.91 bits per heavy atom. The van der Waals surface area contributed by atoms with Gasteiger partial charge in [-0.25, -0.2) is 0 Å². The van der Waals surface area contributed by atoms with E-state index < -0.39 is 9.85 Å². The number of hydrogen-bond acceptors (Lipinski definition) is 6. The lowest BCUT2D eigenvalue weighted by molar-refractivity contribution is -0.393. The lowest BCUT2D eigenvalue weighted by atomic mass is 10.1. The van der Waals surface area contributed by atoms with Gasteiger partial charge in [0.25, 0.3) is 11.4 Å². The number of amides is 1. The third-order valence-corrected chi connectivity index (χ3v) is 3.74. The monoisotopic (exact) mass is 308 g/mol. The van der Waals surface area contributed by atoms with Crippen molar-refractivity contribution in [2.45, 2.75) is 19.9 Å². The van der Waals surface area contributed by atoms with Crippen LogP contribution >= 0.6 is 0 Å². The van der Waals surface area contributed by atoms with Gasteiger partial charge in [-0.2, -0.15) is 0 Å². The van der Waals surface area contributed by atoms with Crippen LogP contribution in [0.1, 0.15) is 13.8 Å². The van der Waals surface area contributed by atoms with E-state index >= 15 is 0 Å². The minimum absolute atomic E-state index is 0.0367. The zero-order chi connectivity index (χ0) is 16.4. The number of carbonyl (C=O) groups excluding carboxylic acids is 1. The Morgan fingerprint density at radius 3 is 2.41 bits per heavy atom. The van der Waals surface area contributed by atoms with Gasteiger partial charge in [0.1, 0.15) is 5.69 Å². The van der Waals surface area contributed by atoms with Crippen molar-refractivity contribution in [3.8, 4) is 0 Å². The van der Waals surface area contributed by atoms with Gasteiger partial charge < -0.3 is 9.80 Å². The Bertz CT molecular complexity index is 633. The van der Waals surface area contributed by atoms with E-state index in [9.17, 15) is 25.0 Å². The molecule has 0 spiro atoms. The molecule has 2 rings (SSSR count). The average molecular weight is 308 g/mol. The van der Waals surface area contributed by atoms with Crippen LogP contribution in [0.2, 0.25) is 0 Å². The third-order valence-electron chi connectivity index (χ3n) is 3.74. The molecule has 1 aromatic rings. The molecule has 1 saturated heterocycles. The van der Waals surface area contributed by atoms with Crippen LogP contribution in [-0.2, 0) is 4.79 Å². The van der Waals surface area contributed by atoms with Crippen molar-refractivity contribution in [1.29, 1.82) is 0 Å². The summed E-state index contributed by atoms with van der Waals surface area (Å²) in [5.74, 6) is -0.0367. The number of rotatable bonds is 3. The molecule has 0 aromatic heterocycles. The van der Waals surface area contributed by atoms with Crippen LogP contribution in [-0.4, -0.2) is 46.3 Å². The maximum Gasteiger partial charge on any atom is 0.299 e. The van der Waals surface area contributed by atoms with Gasteiger partial charge >= 0.3 is 0 Å². The number of nitro benzene ring substituents is 2. The van der Waals surface area contributed by atoms with E-state index in [1.54, 1.807) is 9.80 Å². The molecule has 1 aromatic carbocycles. The standard InChI is InChI=1S/C13H16N4O5/c1-9-8-14(5-6-15(9)10(2)18)12-4-3-11(16(19)20)7-13(12)17(21)22/h3-4,7,9H,5-6,8H2,1-2H3/t9-/m1/s1. The summed E-state index contributed by atoms with van der Waals surface area (Å²) in [7, 11) is 0. The Kier molecular flexibility index (Phi) is 4.25. The number of hydrogen-bond donors (Lipinski definition) is 0. The van der Waals surface area contributed by atoms with Gasteiger partial charge in [-0.05, 0) is 13.0 Å². The number of piperazine rings is 1. The van der Waals surface area contributed by atoms with E-state index in [0.29, 0.717) is 25.3 Å². The van der Waals surface area contributed by atoms with E-state index in [1.165, 1.54) is 19.1 Å². The molecule has 1 amide bonds. The highest BCUT2D eigenvalue weighted by atomic mass is 16.6. The highest BCUT2D eigenvalue weighted by Crippen LogP contribution is 2.33. The van der Waals surface area contributed by atoms with Crippen LogP contribution in [0, 0.1) is 20.2 Å². The summed E-state index contributed by atoms with van der Waals surface area (Å²) in [4.78, 5) is 35.6. The summed E-state index contributed by atoms with van der Waals surface area (Å²) in [6, 6.07) is 3.54. The van der Waals surface area contributed by atoms with Gasteiger partial charge in [0.05, 0.1) is 15.9 Å². The average Bonchev–Trinajstić information content (AvgIpc) is 2.45. The first kappa shape index (κ1) is 15.7. The van der Waals surface area contributed by atoms with E-state index in [4.69, 9.17) is 0 Å². The predicted molar refractivity (Wildman–Crippen MR) is 78.8 cm³/mol. The van der Waals surface area contributed by atoms with Crippen molar-refractivity contribution in [3.05, 3.63) is 38.4 Å². The number of nitrogens with zero attached hydrogens (tertiary/aromatic N) is 4.